The third-order valence-corrected chi connectivity index (χ3v) is 3.05. The lowest BCUT2D eigenvalue weighted by molar-refractivity contribution is -0.188. The predicted octanol–water partition coefficient (Wildman–Crippen LogP) is -0.229. The van der Waals surface area contributed by atoms with E-state index in [1.165, 1.54) is 12.2 Å². The van der Waals surface area contributed by atoms with E-state index in [0.717, 1.165) is 9.96 Å². The molecule has 1 unspecified atom stereocenters. The van der Waals surface area contributed by atoms with Crippen LogP contribution in [0.5, 0.6) is 0 Å². The van der Waals surface area contributed by atoms with Crippen LogP contribution in [-0.4, -0.2) is 46.2 Å². The summed E-state index contributed by atoms with van der Waals surface area (Å²) in [5.74, 6) is -1.42. The minimum absolute atomic E-state index is 0.0930. The number of amides is 4. The maximum Gasteiger partial charge on any atom is 0.253 e. The summed E-state index contributed by atoms with van der Waals surface area (Å²) in [7, 11) is 0. The molecule has 7 heteroatoms. The van der Waals surface area contributed by atoms with Crippen molar-refractivity contribution in [2.75, 3.05) is 6.61 Å². The van der Waals surface area contributed by atoms with Crippen LogP contribution in [-0.2, 0) is 24.0 Å². The summed E-state index contributed by atoms with van der Waals surface area (Å²) in [6.07, 6.45) is 3.12. The zero-order valence-electron chi connectivity index (χ0n) is 10.5. The van der Waals surface area contributed by atoms with Crippen LogP contribution in [0.15, 0.2) is 12.2 Å². The van der Waals surface area contributed by atoms with Crippen LogP contribution < -0.4 is 0 Å². The maximum absolute atomic E-state index is 11.4. The third kappa shape index (κ3) is 2.70. The van der Waals surface area contributed by atoms with E-state index >= 15 is 0 Å². The average molecular weight is 266 g/mol. The van der Waals surface area contributed by atoms with E-state index in [1.54, 1.807) is 6.92 Å². The highest BCUT2D eigenvalue weighted by atomic mass is 16.7. The molecule has 19 heavy (non-hydrogen) atoms. The van der Waals surface area contributed by atoms with Gasteiger partial charge in [0.05, 0.1) is 6.61 Å². The highest BCUT2D eigenvalue weighted by Crippen LogP contribution is 2.15. The number of carbonyl (C=O) groups is 4. The predicted molar refractivity (Wildman–Crippen MR) is 62.1 cm³/mol. The molecule has 4 amide bonds. The van der Waals surface area contributed by atoms with Crippen molar-refractivity contribution in [2.24, 2.45) is 0 Å². The zero-order valence-corrected chi connectivity index (χ0v) is 10.5. The monoisotopic (exact) mass is 266 g/mol. The number of carbonyl (C=O) groups excluding carboxylic acids is 4. The Kier molecular flexibility index (Phi) is 3.75. The van der Waals surface area contributed by atoms with Crippen molar-refractivity contribution in [3.05, 3.63) is 12.2 Å². The molecule has 0 aliphatic carbocycles. The molecule has 2 aliphatic rings. The van der Waals surface area contributed by atoms with Gasteiger partial charge in [-0.1, -0.05) is 0 Å². The minimum atomic E-state index is -0.356. The number of hydrogen-bond acceptors (Lipinski definition) is 5. The van der Waals surface area contributed by atoms with Crippen LogP contribution in [0.1, 0.15) is 26.2 Å². The third-order valence-electron chi connectivity index (χ3n) is 3.05. The first-order valence-corrected chi connectivity index (χ1v) is 6.04. The van der Waals surface area contributed by atoms with E-state index in [9.17, 15) is 19.2 Å². The first-order chi connectivity index (χ1) is 9.00. The number of hydrogen-bond donors (Lipinski definition) is 0. The van der Waals surface area contributed by atoms with Crippen LogP contribution in [0.25, 0.3) is 0 Å². The Morgan fingerprint density at radius 2 is 1.63 bits per heavy atom. The lowest BCUT2D eigenvalue weighted by Gasteiger charge is -2.23. The Labute approximate surface area is 109 Å². The van der Waals surface area contributed by atoms with Crippen molar-refractivity contribution in [2.45, 2.75) is 32.2 Å². The van der Waals surface area contributed by atoms with Gasteiger partial charge < -0.3 is 0 Å². The van der Waals surface area contributed by atoms with Crippen molar-refractivity contribution >= 4 is 23.6 Å². The molecule has 2 heterocycles. The molecule has 7 nitrogen and oxygen atoms in total. The second-order valence-corrected chi connectivity index (χ2v) is 4.43. The average Bonchev–Trinajstić information content (AvgIpc) is 2.85. The lowest BCUT2D eigenvalue weighted by Crippen LogP contribution is -2.39. The molecule has 0 radical (unpaired) electrons. The number of rotatable bonds is 5. The molecule has 0 aromatic heterocycles. The van der Waals surface area contributed by atoms with Gasteiger partial charge in [-0.2, -0.15) is 5.06 Å². The van der Waals surface area contributed by atoms with Gasteiger partial charge in [-0.3, -0.25) is 28.9 Å². The Balaban J connectivity index is 1.80. The molecule has 0 aromatic carbocycles. The van der Waals surface area contributed by atoms with Crippen LogP contribution in [0.2, 0.25) is 0 Å². The second-order valence-electron chi connectivity index (χ2n) is 4.43. The van der Waals surface area contributed by atoms with Crippen LogP contribution in [0, 0.1) is 0 Å². The number of imide groups is 2. The highest BCUT2D eigenvalue weighted by molar-refractivity contribution is 6.13. The molecule has 2 aliphatic heterocycles. The summed E-state index contributed by atoms with van der Waals surface area (Å²) in [6.45, 7) is 1.80. The number of hydroxylamine groups is 2. The summed E-state index contributed by atoms with van der Waals surface area (Å²) < 4.78 is 0. The summed E-state index contributed by atoms with van der Waals surface area (Å²) in [6, 6.07) is -0.345. The van der Waals surface area contributed by atoms with E-state index < -0.39 is 0 Å². The van der Waals surface area contributed by atoms with Crippen molar-refractivity contribution in [3.8, 4) is 0 Å². The first-order valence-electron chi connectivity index (χ1n) is 6.04. The molecule has 0 N–H and O–H groups in total. The molecule has 0 spiro atoms. The minimum Gasteiger partial charge on any atom is -0.272 e. The van der Waals surface area contributed by atoms with Crippen molar-refractivity contribution in [1.29, 1.82) is 0 Å². The Morgan fingerprint density at radius 1 is 1.11 bits per heavy atom. The van der Waals surface area contributed by atoms with E-state index in [-0.39, 0.29) is 49.1 Å². The zero-order chi connectivity index (χ0) is 14.0. The van der Waals surface area contributed by atoms with Crippen molar-refractivity contribution in [1.82, 2.24) is 9.96 Å². The molecular weight excluding hydrogens is 252 g/mol. The van der Waals surface area contributed by atoms with Crippen LogP contribution in [0.3, 0.4) is 0 Å². The van der Waals surface area contributed by atoms with E-state index in [2.05, 4.69) is 0 Å². The molecular formula is C12H14N2O5. The van der Waals surface area contributed by atoms with Crippen LogP contribution in [0.4, 0.5) is 0 Å². The Bertz CT molecular complexity index is 437. The van der Waals surface area contributed by atoms with Gasteiger partial charge >= 0.3 is 0 Å². The number of nitrogens with zero attached hydrogens (tertiary/aromatic N) is 2. The first kappa shape index (κ1) is 13.4. The quantitative estimate of drug-likeness (QED) is 0.642. The largest absolute Gasteiger partial charge is 0.272 e. The van der Waals surface area contributed by atoms with E-state index in [0.29, 0.717) is 6.42 Å². The molecule has 1 fully saturated rings. The van der Waals surface area contributed by atoms with Gasteiger partial charge in [0.1, 0.15) is 0 Å². The second kappa shape index (κ2) is 5.31. The molecule has 0 aromatic rings. The van der Waals surface area contributed by atoms with Gasteiger partial charge in [-0.15, -0.1) is 0 Å². The summed E-state index contributed by atoms with van der Waals surface area (Å²) in [5, 5.41) is 0.762. The standard InChI is InChI=1S/C12H14N2O5/c1-8(13-9(15)2-3-10(13)16)6-7-19-14-11(17)4-5-12(14)18/h2-3,8H,4-7H2,1H3. The maximum atomic E-state index is 11.4. The molecule has 1 atom stereocenters. The smallest absolute Gasteiger partial charge is 0.253 e. The topological polar surface area (TPSA) is 84.0 Å². The van der Waals surface area contributed by atoms with E-state index in [1.807, 2.05) is 0 Å². The molecule has 2 rings (SSSR count). The fourth-order valence-electron chi connectivity index (χ4n) is 1.99. The Morgan fingerprint density at radius 3 is 2.16 bits per heavy atom. The van der Waals surface area contributed by atoms with Gasteiger partial charge in [-0.05, 0) is 13.3 Å². The van der Waals surface area contributed by atoms with Gasteiger partial charge in [0.15, 0.2) is 0 Å². The van der Waals surface area contributed by atoms with Gasteiger partial charge in [0.25, 0.3) is 23.6 Å². The highest BCUT2D eigenvalue weighted by Gasteiger charge is 2.31. The lowest BCUT2D eigenvalue weighted by atomic mass is 10.2. The SMILES string of the molecule is CC(CCON1C(=O)CCC1=O)N1C(=O)C=CC1=O. The molecule has 0 saturated carbocycles. The fourth-order valence-corrected chi connectivity index (χ4v) is 1.99. The molecule has 1 saturated heterocycles. The van der Waals surface area contributed by atoms with Crippen LogP contribution >= 0.6 is 0 Å². The van der Waals surface area contributed by atoms with E-state index in [4.69, 9.17) is 4.84 Å². The summed E-state index contributed by atoms with van der Waals surface area (Å²) in [5.41, 5.74) is 0. The van der Waals surface area contributed by atoms with Gasteiger partial charge in [0, 0.05) is 31.0 Å². The molecule has 102 valence electrons. The van der Waals surface area contributed by atoms with Crippen molar-refractivity contribution < 1.29 is 24.0 Å². The van der Waals surface area contributed by atoms with Gasteiger partial charge in [-0.25, -0.2) is 0 Å². The van der Waals surface area contributed by atoms with Crippen molar-refractivity contribution in [3.63, 3.8) is 0 Å². The molecule has 0 bridgehead atoms. The van der Waals surface area contributed by atoms with Gasteiger partial charge in [0.2, 0.25) is 0 Å². The summed E-state index contributed by atoms with van der Waals surface area (Å²) >= 11 is 0. The summed E-state index contributed by atoms with van der Waals surface area (Å²) in [4.78, 5) is 51.6. The Hall–Kier alpha value is -2.02. The fraction of sp³-hybridized carbons (Fsp3) is 0.500. The normalized spacial score (nSPS) is 20.9.